The molecule has 1 unspecified atom stereocenters. The van der Waals surface area contributed by atoms with E-state index in [1.165, 1.54) is 0 Å². The summed E-state index contributed by atoms with van der Waals surface area (Å²) >= 11 is 0. The third-order valence-electron chi connectivity index (χ3n) is 3.07. The van der Waals surface area contributed by atoms with Crippen molar-refractivity contribution in [2.45, 2.75) is 19.1 Å². The molecule has 2 rings (SSSR count). The molecule has 122 valence electrons. The minimum Gasteiger partial charge on any atom is -0.484 e. The standard InChI is InChI=1S/C13H17F3N2O.2ClH/c1-10-8-17-6-7-18(10)11-2-4-12(5-3-11)19-9-13(14,15)16;;/h2-5,10,17H,6-9H2,1H3;2*1H. The van der Waals surface area contributed by atoms with Crippen molar-refractivity contribution in [1.82, 2.24) is 5.32 Å². The maximum absolute atomic E-state index is 12.0. The molecule has 1 aromatic carbocycles. The molecule has 0 bridgehead atoms. The van der Waals surface area contributed by atoms with E-state index in [9.17, 15) is 13.2 Å². The smallest absolute Gasteiger partial charge is 0.422 e. The SMILES string of the molecule is CC1CNCCN1c1ccc(OCC(F)(F)F)cc1.Cl.Cl. The van der Waals surface area contributed by atoms with Crippen molar-refractivity contribution in [3.8, 4) is 5.75 Å². The average Bonchev–Trinajstić information content (AvgIpc) is 2.37. The lowest BCUT2D eigenvalue weighted by molar-refractivity contribution is -0.153. The van der Waals surface area contributed by atoms with E-state index in [-0.39, 0.29) is 30.6 Å². The molecule has 0 spiro atoms. The highest BCUT2D eigenvalue weighted by Crippen LogP contribution is 2.23. The van der Waals surface area contributed by atoms with E-state index < -0.39 is 12.8 Å². The van der Waals surface area contributed by atoms with Crippen LogP contribution in [0.2, 0.25) is 0 Å². The Morgan fingerprint density at radius 3 is 2.38 bits per heavy atom. The molecule has 0 aromatic heterocycles. The molecule has 1 N–H and O–H groups in total. The summed E-state index contributed by atoms with van der Waals surface area (Å²) in [4.78, 5) is 2.23. The van der Waals surface area contributed by atoms with Crippen LogP contribution in [0.15, 0.2) is 24.3 Å². The maximum atomic E-state index is 12.0. The fourth-order valence-electron chi connectivity index (χ4n) is 2.12. The topological polar surface area (TPSA) is 24.5 Å². The number of rotatable bonds is 3. The van der Waals surface area contributed by atoms with Crippen molar-refractivity contribution in [2.75, 3.05) is 31.1 Å². The van der Waals surface area contributed by atoms with Gasteiger partial charge in [0.1, 0.15) is 5.75 Å². The Bertz CT molecular complexity index is 415. The first-order chi connectivity index (χ1) is 8.96. The minimum absolute atomic E-state index is 0. The number of hydrogen-bond acceptors (Lipinski definition) is 3. The Kier molecular flexibility index (Phi) is 8.21. The molecule has 0 amide bonds. The van der Waals surface area contributed by atoms with E-state index in [0.717, 1.165) is 25.3 Å². The molecule has 0 saturated carbocycles. The molecular weight excluding hydrogens is 328 g/mol. The summed E-state index contributed by atoms with van der Waals surface area (Å²) in [5.74, 6) is 0.240. The zero-order chi connectivity index (χ0) is 13.9. The second-order valence-corrected chi connectivity index (χ2v) is 4.64. The Balaban J connectivity index is 0.00000200. The van der Waals surface area contributed by atoms with Gasteiger partial charge in [-0.05, 0) is 31.2 Å². The largest absolute Gasteiger partial charge is 0.484 e. The zero-order valence-corrected chi connectivity index (χ0v) is 13.2. The van der Waals surface area contributed by atoms with Gasteiger partial charge >= 0.3 is 6.18 Å². The average molecular weight is 347 g/mol. The molecule has 0 radical (unpaired) electrons. The zero-order valence-electron chi connectivity index (χ0n) is 11.5. The number of benzene rings is 1. The Hall–Kier alpha value is -0.850. The summed E-state index contributed by atoms with van der Waals surface area (Å²) in [5, 5.41) is 3.29. The third-order valence-corrected chi connectivity index (χ3v) is 3.07. The minimum atomic E-state index is -4.30. The van der Waals surface area contributed by atoms with Gasteiger partial charge in [0.05, 0.1) is 0 Å². The van der Waals surface area contributed by atoms with E-state index >= 15 is 0 Å². The number of halogens is 5. The summed E-state index contributed by atoms with van der Waals surface area (Å²) < 4.78 is 40.8. The van der Waals surface area contributed by atoms with Crippen LogP contribution in [0.1, 0.15) is 6.92 Å². The van der Waals surface area contributed by atoms with Crippen LogP contribution in [-0.4, -0.2) is 38.5 Å². The van der Waals surface area contributed by atoms with Gasteiger partial charge in [0.2, 0.25) is 0 Å². The third kappa shape index (κ3) is 6.20. The van der Waals surface area contributed by atoms with E-state index in [0.29, 0.717) is 6.04 Å². The summed E-state index contributed by atoms with van der Waals surface area (Å²) in [6.45, 7) is 3.57. The van der Waals surface area contributed by atoms with Crippen LogP contribution in [0.3, 0.4) is 0 Å². The maximum Gasteiger partial charge on any atom is 0.422 e. The van der Waals surface area contributed by atoms with Crippen LogP contribution in [0.25, 0.3) is 0 Å². The number of nitrogens with one attached hydrogen (secondary N) is 1. The van der Waals surface area contributed by atoms with Gasteiger partial charge < -0.3 is 15.0 Å². The van der Waals surface area contributed by atoms with Crippen molar-refractivity contribution >= 4 is 30.5 Å². The van der Waals surface area contributed by atoms with Gasteiger partial charge in [0.25, 0.3) is 0 Å². The molecule has 1 heterocycles. The molecule has 8 heteroatoms. The molecule has 1 atom stereocenters. The molecule has 0 aliphatic carbocycles. The lowest BCUT2D eigenvalue weighted by Crippen LogP contribution is -2.49. The monoisotopic (exact) mass is 346 g/mol. The van der Waals surface area contributed by atoms with Gasteiger partial charge in [-0.15, -0.1) is 24.8 Å². The van der Waals surface area contributed by atoms with Gasteiger partial charge in [-0.1, -0.05) is 0 Å². The van der Waals surface area contributed by atoms with Gasteiger partial charge in [-0.25, -0.2) is 0 Å². The van der Waals surface area contributed by atoms with E-state index in [1.54, 1.807) is 24.3 Å². The number of nitrogens with zero attached hydrogens (tertiary/aromatic N) is 1. The molecule has 1 saturated heterocycles. The fraction of sp³-hybridized carbons (Fsp3) is 0.538. The Labute approximate surface area is 134 Å². The van der Waals surface area contributed by atoms with Crippen LogP contribution in [-0.2, 0) is 0 Å². The van der Waals surface area contributed by atoms with Crippen molar-refractivity contribution in [3.63, 3.8) is 0 Å². The van der Waals surface area contributed by atoms with E-state index in [1.807, 2.05) is 0 Å². The summed E-state index contributed by atoms with van der Waals surface area (Å²) in [7, 11) is 0. The summed E-state index contributed by atoms with van der Waals surface area (Å²) in [6.07, 6.45) is -4.30. The van der Waals surface area contributed by atoms with E-state index in [4.69, 9.17) is 0 Å². The quantitative estimate of drug-likeness (QED) is 0.908. The van der Waals surface area contributed by atoms with Crippen molar-refractivity contribution in [2.24, 2.45) is 0 Å². The fourth-order valence-corrected chi connectivity index (χ4v) is 2.12. The first-order valence-electron chi connectivity index (χ1n) is 6.23. The highest BCUT2D eigenvalue weighted by molar-refractivity contribution is 5.85. The number of alkyl halides is 3. The molecule has 1 aromatic rings. The molecule has 3 nitrogen and oxygen atoms in total. The molecule has 1 aliphatic rings. The van der Waals surface area contributed by atoms with Gasteiger partial charge in [-0.3, -0.25) is 0 Å². The van der Waals surface area contributed by atoms with Crippen LogP contribution >= 0.6 is 24.8 Å². The van der Waals surface area contributed by atoms with Crippen molar-refractivity contribution in [3.05, 3.63) is 24.3 Å². The highest BCUT2D eigenvalue weighted by atomic mass is 35.5. The molecule has 21 heavy (non-hydrogen) atoms. The summed E-state index contributed by atoms with van der Waals surface area (Å²) in [6, 6.07) is 7.13. The van der Waals surface area contributed by atoms with Crippen LogP contribution in [0.5, 0.6) is 5.75 Å². The second-order valence-electron chi connectivity index (χ2n) is 4.64. The predicted molar refractivity (Wildman–Crippen MR) is 82.2 cm³/mol. The first kappa shape index (κ1) is 20.1. The first-order valence-corrected chi connectivity index (χ1v) is 6.23. The van der Waals surface area contributed by atoms with Gasteiger partial charge in [0.15, 0.2) is 6.61 Å². The van der Waals surface area contributed by atoms with Crippen molar-refractivity contribution in [1.29, 1.82) is 0 Å². The number of hydrogen-bond donors (Lipinski definition) is 1. The van der Waals surface area contributed by atoms with Crippen LogP contribution in [0.4, 0.5) is 18.9 Å². The van der Waals surface area contributed by atoms with Crippen LogP contribution < -0.4 is 15.0 Å². The molecule has 1 fully saturated rings. The predicted octanol–water partition coefficient (Wildman–Crippen LogP) is 3.27. The molecular formula is C13H19Cl2F3N2O. The number of piperazine rings is 1. The van der Waals surface area contributed by atoms with Crippen molar-refractivity contribution < 1.29 is 17.9 Å². The van der Waals surface area contributed by atoms with E-state index in [2.05, 4.69) is 21.9 Å². The number of anilines is 1. The lowest BCUT2D eigenvalue weighted by Gasteiger charge is -2.35. The Morgan fingerprint density at radius 2 is 1.86 bits per heavy atom. The van der Waals surface area contributed by atoms with Gasteiger partial charge in [0, 0.05) is 31.4 Å². The normalized spacial score (nSPS) is 18.5. The number of ether oxygens (including phenoxy) is 1. The second kappa shape index (κ2) is 8.56. The van der Waals surface area contributed by atoms with Crippen LogP contribution in [0, 0.1) is 0 Å². The molecule has 1 aliphatic heterocycles. The van der Waals surface area contributed by atoms with Gasteiger partial charge in [-0.2, -0.15) is 13.2 Å². The summed E-state index contributed by atoms with van der Waals surface area (Å²) in [5.41, 5.74) is 1.01. The lowest BCUT2D eigenvalue weighted by atomic mass is 10.2. The highest BCUT2D eigenvalue weighted by Gasteiger charge is 2.28. The Morgan fingerprint density at radius 1 is 1.24 bits per heavy atom.